The smallest absolute Gasteiger partial charge is 0.335 e. The van der Waals surface area contributed by atoms with Crippen LogP contribution in [0.1, 0.15) is 13.8 Å². The monoisotopic (exact) mass is 161 g/mol. The van der Waals surface area contributed by atoms with Crippen molar-refractivity contribution >= 4 is 5.97 Å². The number of rotatable bonds is 5. The minimum absolute atomic E-state index is 0.413. The summed E-state index contributed by atoms with van der Waals surface area (Å²) in [6.07, 6.45) is 0. The molecule has 0 rings (SSSR count). The fourth-order valence-electron chi connectivity index (χ4n) is 0.470. The van der Waals surface area contributed by atoms with E-state index >= 15 is 0 Å². The molecule has 2 N–H and O–H groups in total. The van der Waals surface area contributed by atoms with Gasteiger partial charge in [0.2, 0.25) is 0 Å². The van der Waals surface area contributed by atoms with Crippen LogP contribution in [0, 0.1) is 0 Å². The lowest BCUT2D eigenvalue weighted by molar-refractivity contribution is -0.160. The largest absolute Gasteiger partial charge is 0.479 e. The van der Waals surface area contributed by atoms with E-state index in [-0.39, 0.29) is 0 Å². The van der Waals surface area contributed by atoms with Crippen LogP contribution < -0.4 is 5.32 Å². The molecule has 0 heterocycles. The van der Waals surface area contributed by atoms with E-state index in [0.717, 1.165) is 0 Å². The van der Waals surface area contributed by atoms with Crippen molar-refractivity contribution in [3.05, 3.63) is 0 Å². The molecule has 0 atom stereocenters. The second kappa shape index (κ2) is 4.31. The van der Waals surface area contributed by atoms with Crippen LogP contribution in [0.3, 0.4) is 0 Å². The summed E-state index contributed by atoms with van der Waals surface area (Å²) in [6.45, 7) is 4.14. The Morgan fingerprint density at radius 3 is 2.55 bits per heavy atom. The van der Waals surface area contributed by atoms with Crippen molar-refractivity contribution in [2.24, 2.45) is 0 Å². The Morgan fingerprint density at radius 2 is 2.18 bits per heavy atom. The lowest BCUT2D eigenvalue weighted by Crippen LogP contribution is -2.36. The summed E-state index contributed by atoms with van der Waals surface area (Å²) >= 11 is 0. The Bertz CT molecular complexity index is 134. The van der Waals surface area contributed by atoms with Gasteiger partial charge in [-0.1, -0.05) is 0 Å². The van der Waals surface area contributed by atoms with Crippen molar-refractivity contribution in [1.82, 2.24) is 5.32 Å². The van der Waals surface area contributed by atoms with Crippen molar-refractivity contribution in [2.75, 3.05) is 20.2 Å². The van der Waals surface area contributed by atoms with Gasteiger partial charge in [0, 0.05) is 6.54 Å². The number of carboxylic acids is 1. The molecule has 0 aromatic carbocycles. The summed E-state index contributed by atoms with van der Waals surface area (Å²) in [5, 5.41) is 11.5. The second-order valence-electron chi connectivity index (χ2n) is 2.77. The lowest BCUT2D eigenvalue weighted by Gasteiger charge is -2.19. The van der Waals surface area contributed by atoms with Crippen molar-refractivity contribution < 1.29 is 14.6 Å². The first kappa shape index (κ1) is 10.4. The van der Waals surface area contributed by atoms with Crippen LogP contribution >= 0.6 is 0 Å². The summed E-state index contributed by atoms with van der Waals surface area (Å²) in [4.78, 5) is 10.5. The summed E-state index contributed by atoms with van der Waals surface area (Å²) < 4.78 is 5.07. The molecule has 0 aliphatic carbocycles. The van der Waals surface area contributed by atoms with Gasteiger partial charge in [-0.25, -0.2) is 4.79 Å². The van der Waals surface area contributed by atoms with Gasteiger partial charge in [-0.2, -0.15) is 0 Å². The zero-order chi connectivity index (χ0) is 8.91. The zero-order valence-electron chi connectivity index (χ0n) is 7.18. The third kappa shape index (κ3) is 3.95. The van der Waals surface area contributed by atoms with Gasteiger partial charge in [0.05, 0.1) is 6.61 Å². The first-order valence-electron chi connectivity index (χ1n) is 3.52. The van der Waals surface area contributed by atoms with E-state index in [4.69, 9.17) is 9.84 Å². The number of hydrogen-bond acceptors (Lipinski definition) is 3. The maximum Gasteiger partial charge on any atom is 0.335 e. The number of carboxylic acid groups (broad SMARTS) is 1. The number of ether oxygens (including phenoxy) is 1. The number of hydrogen-bond donors (Lipinski definition) is 2. The van der Waals surface area contributed by atoms with Crippen molar-refractivity contribution in [3.63, 3.8) is 0 Å². The zero-order valence-corrected chi connectivity index (χ0v) is 7.18. The van der Waals surface area contributed by atoms with Crippen LogP contribution in [0.4, 0.5) is 0 Å². The molecule has 0 aromatic rings. The predicted octanol–water partition coefficient (Wildman–Crippen LogP) is 0.0856. The minimum Gasteiger partial charge on any atom is -0.479 e. The summed E-state index contributed by atoms with van der Waals surface area (Å²) in [7, 11) is 1.79. The van der Waals surface area contributed by atoms with E-state index in [1.807, 2.05) is 0 Å². The molecule has 0 radical (unpaired) electrons. The van der Waals surface area contributed by atoms with Crippen molar-refractivity contribution in [1.29, 1.82) is 0 Å². The molecule has 0 saturated heterocycles. The Balaban J connectivity index is 3.64. The van der Waals surface area contributed by atoms with Crippen LogP contribution in [0.15, 0.2) is 0 Å². The predicted molar refractivity (Wildman–Crippen MR) is 41.6 cm³/mol. The number of carbonyl (C=O) groups is 1. The molecule has 0 fully saturated rings. The SMILES string of the molecule is CNCCOC(C)(C)C(=O)O. The molecule has 0 bridgehead atoms. The lowest BCUT2D eigenvalue weighted by atomic mass is 10.1. The van der Waals surface area contributed by atoms with E-state index in [0.29, 0.717) is 13.2 Å². The average molecular weight is 161 g/mol. The second-order valence-corrected chi connectivity index (χ2v) is 2.77. The molecule has 4 heteroatoms. The van der Waals surface area contributed by atoms with E-state index in [9.17, 15) is 4.79 Å². The molecule has 0 aliphatic rings. The average Bonchev–Trinajstić information content (AvgIpc) is 1.88. The van der Waals surface area contributed by atoms with Crippen LogP contribution in [0.5, 0.6) is 0 Å². The van der Waals surface area contributed by atoms with Crippen LogP contribution in [0.25, 0.3) is 0 Å². The molecule has 0 saturated carbocycles. The Morgan fingerprint density at radius 1 is 1.64 bits per heavy atom. The quantitative estimate of drug-likeness (QED) is 0.561. The van der Waals surface area contributed by atoms with Crippen LogP contribution in [0.2, 0.25) is 0 Å². The Labute approximate surface area is 66.5 Å². The molecule has 0 aliphatic heterocycles. The molecule has 0 aromatic heterocycles. The normalized spacial score (nSPS) is 11.5. The fourth-order valence-corrected chi connectivity index (χ4v) is 0.470. The third-order valence-corrected chi connectivity index (χ3v) is 1.33. The summed E-state index contributed by atoms with van der Waals surface area (Å²) in [6, 6.07) is 0. The minimum atomic E-state index is -1.07. The van der Waals surface area contributed by atoms with Gasteiger partial charge in [-0.15, -0.1) is 0 Å². The van der Waals surface area contributed by atoms with Gasteiger partial charge in [-0.3, -0.25) is 0 Å². The molecule has 0 unspecified atom stereocenters. The van der Waals surface area contributed by atoms with Gasteiger partial charge >= 0.3 is 5.97 Å². The third-order valence-electron chi connectivity index (χ3n) is 1.33. The van der Waals surface area contributed by atoms with E-state index in [1.54, 1.807) is 7.05 Å². The number of likely N-dealkylation sites (N-methyl/N-ethyl adjacent to an activating group) is 1. The van der Waals surface area contributed by atoms with Gasteiger partial charge < -0.3 is 15.2 Å². The summed E-state index contributed by atoms with van der Waals surface area (Å²) in [5.41, 5.74) is -1.07. The standard InChI is InChI=1S/C7H15NO3/c1-7(2,6(9)10)11-5-4-8-3/h8H,4-5H2,1-3H3,(H,9,10). The maximum atomic E-state index is 10.5. The highest BCUT2D eigenvalue weighted by molar-refractivity contribution is 5.76. The molecule has 11 heavy (non-hydrogen) atoms. The fraction of sp³-hybridized carbons (Fsp3) is 0.857. The highest BCUT2D eigenvalue weighted by Crippen LogP contribution is 2.07. The van der Waals surface area contributed by atoms with Gasteiger partial charge in [0.25, 0.3) is 0 Å². The topological polar surface area (TPSA) is 58.6 Å². The van der Waals surface area contributed by atoms with Gasteiger partial charge in [0.15, 0.2) is 5.60 Å². The highest BCUT2D eigenvalue weighted by Gasteiger charge is 2.27. The Hall–Kier alpha value is -0.610. The van der Waals surface area contributed by atoms with E-state index < -0.39 is 11.6 Å². The Kier molecular flexibility index (Phi) is 4.07. The molecular formula is C7H15NO3. The highest BCUT2D eigenvalue weighted by atomic mass is 16.5. The first-order valence-corrected chi connectivity index (χ1v) is 3.52. The van der Waals surface area contributed by atoms with Crippen LogP contribution in [-0.2, 0) is 9.53 Å². The van der Waals surface area contributed by atoms with E-state index in [2.05, 4.69) is 5.32 Å². The van der Waals surface area contributed by atoms with Crippen molar-refractivity contribution in [2.45, 2.75) is 19.4 Å². The molecule has 0 amide bonds. The van der Waals surface area contributed by atoms with Gasteiger partial charge in [0.1, 0.15) is 0 Å². The molecular weight excluding hydrogens is 146 g/mol. The van der Waals surface area contributed by atoms with Crippen molar-refractivity contribution in [3.8, 4) is 0 Å². The number of nitrogens with one attached hydrogen (secondary N) is 1. The van der Waals surface area contributed by atoms with E-state index in [1.165, 1.54) is 13.8 Å². The molecule has 66 valence electrons. The molecule has 0 spiro atoms. The first-order chi connectivity index (χ1) is 5.00. The maximum absolute atomic E-state index is 10.5. The summed E-state index contributed by atoms with van der Waals surface area (Å²) in [5.74, 6) is -0.936. The molecule has 4 nitrogen and oxygen atoms in total. The number of aliphatic carboxylic acids is 1. The van der Waals surface area contributed by atoms with Crippen LogP contribution in [-0.4, -0.2) is 36.9 Å². The van der Waals surface area contributed by atoms with Gasteiger partial charge in [-0.05, 0) is 20.9 Å².